The predicted molar refractivity (Wildman–Crippen MR) is 80.0 cm³/mol. The molecule has 0 saturated carbocycles. The molecule has 0 aliphatic carbocycles. The van der Waals surface area contributed by atoms with Gasteiger partial charge in [-0.15, -0.1) is 25.6 Å². The first-order chi connectivity index (χ1) is 9.57. The number of nitrogens with one attached hydrogen (secondary N) is 1. The Hall–Kier alpha value is -1.47. The van der Waals surface area contributed by atoms with Crippen LogP contribution in [-0.2, 0) is 11.2 Å². The van der Waals surface area contributed by atoms with Crippen molar-refractivity contribution in [1.29, 1.82) is 0 Å². The van der Waals surface area contributed by atoms with Gasteiger partial charge in [0, 0.05) is 18.5 Å². The third-order valence-corrected chi connectivity index (χ3v) is 2.56. The Kier molecular flexibility index (Phi) is 7.69. The van der Waals surface area contributed by atoms with Gasteiger partial charge in [-0.25, -0.2) is 0 Å². The monoisotopic (exact) mass is 340 g/mol. The highest BCUT2D eigenvalue weighted by atomic mass is 35.5. The van der Waals surface area contributed by atoms with Crippen LogP contribution in [-0.4, -0.2) is 24.4 Å². The minimum absolute atomic E-state index is 0. The van der Waals surface area contributed by atoms with Crippen molar-refractivity contribution in [1.82, 2.24) is 5.32 Å². The number of halogens is 4. The van der Waals surface area contributed by atoms with E-state index in [9.17, 15) is 18.0 Å². The fourth-order valence-electron chi connectivity index (χ4n) is 1.60. The number of nitrogens with two attached hydrogens (primary N) is 1. The van der Waals surface area contributed by atoms with Gasteiger partial charge in [0.15, 0.2) is 0 Å². The highest BCUT2D eigenvalue weighted by Crippen LogP contribution is 2.26. The van der Waals surface area contributed by atoms with E-state index in [1.807, 2.05) is 0 Å². The number of hydrogen-bond acceptors (Lipinski definition) is 3. The number of alkyl halides is 3. The number of ether oxygens (including phenoxy) is 1. The molecule has 1 aromatic carbocycles. The Bertz CT molecular complexity index is 488. The van der Waals surface area contributed by atoms with Crippen LogP contribution < -0.4 is 15.8 Å². The summed E-state index contributed by atoms with van der Waals surface area (Å²) in [5.41, 5.74) is 5.52. The molecule has 1 amide bonds. The third-order valence-electron chi connectivity index (χ3n) is 2.56. The zero-order chi connectivity index (χ0) is 16.1. The number of aryl methyl sites for hydroxylation is 1. The molecule has 0 radical (unpaired) electrons. The van der Waals surface area contributed by atoms with E-state index in [1.54, 1.807) is 19.9 Å². The zero-order valence-electron chi connectivity index (χ0n) is 12.4. The smallest absolute Gasteiger partial charge is 0.406 e. The van der Waals surface area contributed by atoms with E-state index < -0.39 is 11.9 Å². The van der Waals surface area contributed by atoms with E-state index in [2.05, 4.69) is 10.1 Å². The lowest BCUT2D eigenvalue weighted by Gasteiger charge is -2.19. The van der Waals surface area contributed by atoms with Crippen LogP contribution in [0.2, 0.25) is 0 Å². The van der Waals surface area contributed by atoms with Crippen LogP contribution in [0.4, 0.5) is 13.2 Å². The van der Waals surface area contributed by atoms with Gasteiger partial charge in [0.2, 0.25) is 5.91 Å². The molecule has 4 nitrogen and oxygen atoms in total. The molecule has 1 aromatic rings. The molecule has 0 atom stereocenters. The lowest BCUT2D eigenvalue weighted by atomic mass is 10.1. The van der Waals surface area contributed by atoms with Crippen LogP contribution in [0.15, 0.2) is 24.3 Å². The fourth-order valence-corrected chi connectivity index (χ4v) is 1.60. The first-order valence-corrected chi connectivity index (χ1v) is 6.46. The lowest BCUT2D eigenvalue weighted by Crippen LogP contribution is -2.45. The van der Waals surface area contributed by atoms with Gasteiger partial charge < -0.3 is 15.8 Å². The number of carbonyl (C=O) groups is 1. The van der Waals surface area contributed by atoms with E-state index in [4.69, 9.17) is 5.73 Å². The molecule has 0 aromatic heterocycles. The molecule has 0 aliphatic rings. The normalized spacial score (nSPS) is 11.5. The Balaban J connectivity index is 0.00000441. The van der Waals surface area contributed by atoms with Gasteiger partial charge in [-0.1, -0.05) is 18.2 Å². The summed E-state index contributed by atoms with van der Waals surface area (Å²) in [6.45, 7) is 3.83. The fraction of sp³-hybridized carbons (Fsp3) is 0.500. The molecule has 0 heterocycles. The maximum absolute atomic E-state index is 12.3. The lowest BCUT2D eigenvalue weighted by molar-refractivity contribution is -0.274. The molecule has 8 heteroatoms. The summed E-state index contributed by atoms with van der Waals surface area (Å²) in [4.78, 5) is 11.6. The molecule has 0 unspecified atom stereocenters. The van der Waals surface area contributed by atoms with Crippen LogP contribution >= 0.6 is 12.4 Å². The SMILES string of the molecule is CC(C)(N)CNC(=O)CCc1ccccc1OC(F)(F)F.Cl. The van der Waals surface area contributed by atoms with Crippen molar-refractivity contribution in [2.45, 2.75) is 38.6 Å². The van der Waals surface area contributed by atoms with E-state index in [0.717, 1.165) is 0 Å². The molecule has 0 spiro atoms. The summed E-state index contributed by atoms with van der Waals surface area (Å²) in [5.74, 6) is -0.549. The van der Waals surface area contributed by atoms with Crippen LogP contribution in [0, 0.1) is 0 Å². The maximum atomic E-state index is 12.3. The van der Waals surface area contributed by atoms with Crippen molar-refractivity contribution < 1.29 is 22.7 Å². The maximum Gasteiger partial charge on any atom is 0.573 e. The first-order valence-electron chi connectivity index (χ1n) is 6.46. The molecule has 1 rings (SSSR count). The van der Waals surface area contributed by atoms with Gasteiger partial charge >= 0.3 is 6.36 Å². The van der Waals surface area contributed by atoms with Crippen molar-refractivity contribution in [2.75, 3.05) is 6.54 Å². The number of carbonyl (C=O) groups excluding carboxylic acids is 1. The largest absolute Gasteiger partial charge is 0.573 e. The molecule has 0 aliphatic heterocycles. The third kappa shape index (κ3) is 8.74. The van der Waals surface area contributed by atoms with Gasteiger partial charge in [0.25, 0.3) is 0 Å². The van der Waals surface area contributed by atoms with Crippen LogP contribution in [0.1, 0.15) is 25.8 Å². The van der Waals surface area contributed by atoms with Crippen molar-refractivity contribution >= 4 is 18.3 Å². The topological polar surface area (TPSA) is 64.3 Å². The predicted octanol–water partition coefficient (Wildman–Crippen LogP) is 2.79. The number of amides is 1. The Morgan fingerprint density at radius 1 is 1.27 bits per heavy atom. The molecule has 0 bridgehead atoms. The van der Waals surface area contributed by atoms with E-state index in [1.165, 1.54) is 18.2 Å². The minimum atomic E-state index is -4.75. The van der Waals surface area contributed by atoms with Gasteiger partial charge in [-0.2, -0.15) is 0 Å². The molecule has 3 N–H and O–H groups in total. The van der Waals surface area contributed by atoms with E-state index >= 15 is 0 Å². The minimum Gasteiger partial charge on any atom is -0.406 e. The molecular formula is C14H20ClF3N2O2. The van der Waals surface area contributed by atoms with Gasteiger partial charge in [0.1, 0.15) is 5.75 Å². The molecule has 22 heavy (non-hydrogen) atoms. The summed E-state index contributed by atoms with van der Waals surface area (Å²) in [7, 11) is 0. The standard InChI is InChI=1S/C14H19F3N2O2.ClH/c1-13(2,18)9-19-12(20)8-7-10-5-3-4-6-11(10)21-14(15,16)17;/h3-6H,7-9,18H2,1-2H3,(H,19,20);1H. The number of rotatable bonds is 6. The molecule has 0 fully saturated rings. The Morgan fingerprint density at radius 2 is 1.86 bits per heavy atom. The van der Waals surface area contributed by atoms with Gasteiger partial charge in [-0.05, 0) is 31.9 Å². The second kappa shape index (κ2) is 8.24. The van der Waals surface area contributed by atoms with Crippen molar-refractivity contribution in [3.8, 4) is 5.75 Å². The molecular weight excluding hydrogens is 321 g/mol. The quantitative estimate of drug-likeness (QED) is 0.837. The highest BCUT2D eigenvalue weighted by Gasteiger charge is 2.31. The second-order valence-electron chi connectivity index (χ2n) is 5.42. The van der Waals surface area contributed by atoms with Crippen molar-refractivity contribution in [3.63, 3.8) is 0 Å². The summed E-state index contributed by atoms with van der Waals surface area (Å²) in [6.07, 6.45) is -4.53. The van der Waals surface area contributed by atoms with E-state index in [0.29, 0.717) is 12.1 Å². The zero-order valence-corrected chi connectivity index (χ0v) is 13.2. The summed E-state index contributed by atoms with van der Waals surface area (Å²) >= 11 is 0. The molecule has 0 saturated heterocycles. The summed E-state index contributed by atoms with van der Waals surface area (Å²) < 4.78 is 40.7. The van der Waals surface area contributed by atoms with Crippen molar-refractivity contribution in [2.24, 2.45) is 5.73 Å². The van der Waals surface area contributed by atoms with E-state index in [-0.39, 0.29) is 36.9 Å². The van der Waals surface area contributed by atoms with Crippen LogP contribution in [0.5, 0.6) is 5.75 Å². The summed E-state index contributed by atoms with van der Waals surface area (Å²) in [6, 6.07) is 5.77. The number of hydrogen-bond donors (Lipinski definition) is 2. The number of para-hydroxylation sites is 1. The van der Waals surface area contributed by atoms with Crippen LogP contribution in [0.3, 0.4) is 0 Å². The Morgan fingerprint density at radius 3 is 2.41 bits per heavy atom. The number of benzene rings is 1. The van der Waals surface area contributed by atoms with Gasteiger partial charge in [-0.3, -0.25) is 4.79 Å². The average molecular weight is 341 g/mol. The molecule has 126 valence electrons. The van der Waals surface area contributed by atoms with Crippen molar-refractivity contribution in [3.05, 3.63) is 29.8 Å². The Labute approximate surface area is 133 Å². The average Bonchev–Trinajstić information content (AvgIpc) is 2.32. The second-order valence-corrected chi connectivity index (χ2v) is 5.42. The van der Waals surface area contributed by atoms with Crippen LogP contribution in [0.25, 0.3) is 0 Å². The van der Waals surface area contributed by atoms with Gasteiger partial charge in [0.05, 0.1) is 0 Å². The summed E-state index contributed by atoms with van der Waals surface area (Å²) in [5, 5.41) is 2.63. The first kappa shape index (κ1) is 20.5. The highest BCUT2D eigenvalue weighted by molar-refractivity contribution is 5.85.